The lowest BCUT2D eigenvalue weighted by molar-refractivity contribution is -0.00829. The van der Waals surface area contributed by atoms with Crippen LogP contribution in [-0.2, 0) is 12.5 Å². The molecule has 1 aromatic rings. The van der Waals surface area contributed by atoms with E-state index in [1.807, 2.05) is 7.05 Å². The molecule has 78 valence electrons. The van der Waals surface area contributed by atoms with Crippen molar-refractivity contribution in [3.63, 3.8) is 0 Å². The van der Waals surface area contributed by atoms with Gasteiger partial charge in [0, 0.05) is 18.5 Å². The highest BCUT2D eigenvalue weighted by Gasteiger charge is 2.28. The van der Waals surface area contributed by atoms with Gasteiger partial charge >= 0.3 is 0 Å². The number of alkyl halides is 2. The zero-order chi connectivity index (χ0) is 10.6. The molecule has 0 aliphatic carbocycles. The lowest BCUT2D eigenvalue weighted by atomic mass is 10.0. The Bertz CT molecular complexity index is 280. The highest BCUT2D eigenvalue weighted by molar-refractivity contribution is 5.25. The van der Waals surface area contributed by atoms with E-state index in [0.717, 1.165) is 5.56 Å². The fourth-order valence-corrected chi connectivity index (χ4v) is 1.27. The quantitative estimate of drug-likeness (QED) is 0.786. The summed E-state index contributed by atoms with van der Waals surface area (Å²) in [7, 11) is 1.83. The van der Waals surface area contributed by atoms with Gasteiger partial charge in [-0.2, -0.15) is 0 Å². The van der Waals surface area contributed by atoms with Crippen LogP contribution < -0.4 is 5.32 Å². The smallest absolute Gasteiger partial charge is 0.273 e. The predicted molar refractivity (Wildman–Crippen MR) is 53.4 cm³/mol. The summed E-state index contributed by atoms with van der Waals surface area (Å²) in [6.45, 7) is 2.19. The lowest BCUT2D eigenvalue weighted by Crippen LogP contribution is -2.12. The van der Waals surface area contributed by atoms with Gasteiger partial charge in [0.25, 0.3) is 5.92 Å². The van der Waals surface area contributed by atoms with E-state index in [1.165, 1.54) is 19.1 Å². The molecule has 0 bridgehead atoms. The van der Waals surface area contributed by atoms with E-state index in [-0.39, 0.29) is 12.0 Å². The van der Waals surface area contributed by atoms with Gasteiger partial charge in [0.05, 0.1) is 0 Å². The van der Waals surface area contributed by atoms with Crippen molar-refractivity contribution in [2.45, 2.75) is 25.8 Å². The summed E-state index contributed by atoms with van der Waals surface area (Å²) in [5, 5.41) is 2.97. The first-order valence-corrected chi connectivity index (χ1v) is 4.72. The minimum atomic E-state index is -2.70. The largest absolute Gasteiger partial charge is 0.316 e. The summed E-state index contributed by atoms with van der Waals surface area (Å²) in [5.74, 6) is -2.70. The first-order chi connectivity index (χ1) is 6.60. The molecule has 0 radical (unpaired) electrons. The van der Waals surface area contributed by atoms with Crippen LogP contribution in [-0.4, -0.2) is 7.05 Å². The van der Waals surface area contributed by atoms with Crippen molar-refractivity contribution >= 4 is 0 Å². The first kappa shape index (κ1) is 11.1. The van der Waals surface area contributed by atoms with Gasteiger partial charge in [0.2, 0.25) is 0 Å². The van der Waals surface area contributed by atoms with E-state index in [0.29, 0.717) is 6.54 Å². The second-order valence-corrected chi connectivity index (χ2v) is 3.29. The number of hydrogen-bond donors (Lipinski definition) is 1. The van der Waals surface area contributed by atoms with E-state index in [9.17, 15) is 8.78 Å². The Balaban J connectivity index is 2.82. The third kappa shape index (κ3) is 2.51. The van der Waals surface area contributed by atoms with E-state index >= 15 is 0 Å². The van der Waals surface area contributed by atoms with E-state index in [2.05, 4.69) is 5.32 Å². The first-order valence-electron chi connectivity index (χ1n) is 4.72. The standard InChI is InChI=1S/C11H15F2N/c1-3-11(12,13)10-6-4-9(5-7-10)8-14-2/h4-7,14H,3,8H2,1-2H3. The molecule has 0 atom stereocenters. The Labute approximate surface area is 83.1 Å². The molecule has 1 N–H and O–H groups in total. The van der Waals surface area contributed by atoms with Crippen molar-refractivity contribution in [3.8, 4) is 0 Å². The van der Waals surface area contributed by atoms with Crippen LogP contribution in [0.2, 0.25) is 0 Å². The summed E-state index contributed by atoms with van der Waals surface area (Å²) in [4.78, 5) is 0. The summed E-state index contributed by atoms with van der Waals surface area (Å²) < 4.78 is 26.4. The molecule has 0 amide bonds. The molecule has 0 heterocycles. The summed E-state index contributed by atoms with van der Waals surface area (Å²) in [6.07, 6.45) is -0.154. The minimum Gasteiger partial charge on any atom is -0.316 e. The fraction of sp³-hybridized carbons (Fsp3) is 0.455. The van der Waals surface area contributed by atoms with Crippen LogP contribution in [0, 0.1) is 0 Å². The Kier molecular flexibility index (Phi) is 3.58. The molecule has 0 aliphatic rings. The van der Waals surface area contributed by atoms with Crippen LogP contribution in [0.5, 0.6) is 0 Å². The molecule has 0 aliphatic heterocycles. The van der Waals surface area contributed by atoms with Gasteiger partial charge < -0.3 is 5.32 Å². The second kappa shape index (κ2) is 4.51. The summed E-state index contributed by atoms with van der Waals surface area (Å²) >= 11 is 0. The molecule has 0 saturated heterocycles. The second-order valence-electron chi connectivity index (χ2n) is 3.29. The molecule has 1 aromatic carbocycles. The van der Waals surface area contributed by atoms with Crippen LogP contribution in [0.25, 0.3) is 0 Å². The predicted octanol–water partition coefficient (Wildman–Crippen LogP) is 2.91. The topological polar surface area (TPSA) is 12.0 Å². The zero-order valence-corrected chi connectivity index (χ0v) is 8.48. The third-order valence-corrected chi connectivity index (χ3v) is 2.20. The molecular weight excluding hydrogens is 184 g/mol. The summed E-state index contributed by atoms with van der Waals surface area (Å²) in [5.41, 5.74) is 1.11. The molecule has 1 nitrogen and oxygen atoms in total. The summed E-state index contributed by atoms with van der Waals surface area (Å²) in [6, 6.07) is 6.46. The van der Waals surface area contributed by atoms with Crippen LogP contribution in [0.15, 0.2) is 24.3 Å². The van der Waals surface area contributed by atoms with Crippen molar-refractivity contribution in [2.75, 3.05) is 7.05 Å². The Hall–Kier alpha value is -0.960. The van der Waals surface area contributed by atoms with E-state index in [1.54, 1.807) is 12.1 Å². The Morgan fingerprint density at radius 3 is 2.21 bits per heavy atom. The number of rotatable bonds is 4. The normalized spacial score (nSPS) is 11.7. The molecule has 0 saturated carbocycles. The lowest BCUT2D eigenvalue weighted by Gasteiger charge is -2.14. The van der Waals surface area contributed by atoms with Gasteiger partial charge in [-0.1, -0.05) is 31.2 Å². The van der Waals surface area contributed by atoms with Crippen molar-refractivity contribution in [3.05, 3.63) is 35.4 Å². The monoisotopic (exact) mass is 199 g/mol. The number of nitrogens with one attached hydrogen (secondary N) is 1. The molecule has 0 fully saturated rings. The van der Waals surface area contributed by atoms with Gasteiger partial charge in [-0.3, -0.25) is 0 Å². The molecule has 1 rings (SSSR count). The third-order valence-electron chi connectivity index (χ3n) is 2.20. The Morgan fingerprint density at radius 2 is 1.79 bits per heavy atom. The maximum absolute atomic E-state index is 13.2. The van der Waals surface area contributed by atoms with Crippen LogP contribution in [0.1, 0.15) is 24.5 Å². The number of halogens is 2. The van der Waals surface area contributed by atoms with Gasteiger partial charge in [0.15, 0.2) is 0 Å². The van der Waals surface area contributed by atoms with Crippen LogP contribution >= 0.6 is 0 Å². The zero-order valence-electron chi connectivity index (χ0n) is 8.48. The number of benzene rings is 1. The molecule has 3 heteroatoms. The highest BCUT2D eigenvalue weighted by atomic mass is 19.3. The van der Waals surface area contributed by atoms with Crippen molar-refractivity contribution in [1.82, 2.24) is 5.32 Å². The molecule has 0 aromatic heterocycles. The minimum absolute atomic E-state index is 0.0971. The van der Waals surface area contributed by atoms with E-state index < -0.39 is 5.92 Å². The Morgan fingerprint density at radius 1 is 1.21 bits per heavy atom. The maximum Gasteiger partial charge on any atom is 0.273 e. The van der Waals surface area contributed by atoms with Crippen molar-refractivity contribution < 1.29 is 8.78 Å². The van der Waals surface area contributed by atoms with E-state index in [4.69, 9.17) is 0 Å². The van der Waals surface area contributed by atoms with Gasteiger partial charge in [-0.25, -0.2) is 8.78 Å². The fourth-order valence-electron chi connectivity index (χ4n) is 1.27. The van der Waals surface area contributed by atoms with Gasteiger partial charge in [0.1, 0.15) is 0 Å². The van der Waals surface area contributed by atoms with Gasteiger partial charge in [-0.05, 0) is 12.6 Å². The molecule has 0 spiro atoms. The SMILES string of the molecule is CCC(F)(F)c1ccc(CNC)cc1. The van der Waals surface area contributed by atoms with Crippen molar-refractivity contribution in [1.29, 1.82) is 0 Å². The average molecular weight is 199 g/mol. The van der Waals surface area contributed by atoms with Crippen molar-refractivity contribution in [2.24, 2.45) is 0 Å². The molecule has 0 unspecified atom stereocenters. The molecular formula is C11H15F2N. The average Bonchev–Trinajstić information content (AvgIpc) is 2.19. The molecule has 14 heavy (non-hydrogen) atoms. The van der Waals surface area contributed by atoms with Gasteiger partial charge in [-0.15, -0.1) is 0 Å². The number of hydrogen-bond acceptors (Lipinski definition) is 1. The maximum atomic E-state index is 13.2. The van der Waals surface area contributed by atoms with Crippen LogP contribution in [0.3, 0.4) is 0 Å². The highest BCUT2D eigenvalue weighted by Crippen LogP contribution is 2.31. The van der Waals surface area contributed by atoms with Crippen LogP contribution in [0.4, 0.5) is 8.78 Å².